The molecule has 5 heteroatoms. The van der Waals surface area contributed by atoms with Crippen LogP contribution in [0.3, 0.4) is 0 Å². The SMILES string of the molecule is CCCCCNC(=O)CC(=O)NCCOC. The van der Waals surface area contributed by atoms with Gasteiger partial charge in [0.2, 0.25) is 11.8 Å². The first-order valence-corrected chi connectivity index (χ1v) is 5.73. The van der Waals surface area contributed by atoms with Crippen LogP contribution in [0.2, 0.25) is 0 Å². The number of ether oxygens (including phenoxy) is 1. The van der Waals surface area contributed by atoms with E-state index in [1.165, 1.54) is 0 Å². The number of unbranched alkanes of at least 4 members (excludes halogenated alkanes) is 2. The van der Waals surface area contributed by atoms with E-state index in [4.69, 9.17) is 4.74 Å². The van der Waals surface area contributed by atoms with Crippen molar-refractivity contribution in [3.63, 3.8) is 0 Å². The Kier molecular flexibility index (Phi) is 9.70. The molecule has 0 atom stereocenters. The van der Waals surface area contributed by atoms with Crippen molar-refractivity contribution in [3.8, 4) is 0 Å². The molecule has 0 aliphatic rings. The molecule has 0 unspecified atom stereocenters. The number of hydrogen-bond acceptors (Lipinski definition) is 3. The maximum atomic E-state index is 11.2. The van der Waals surface area contributed by atoms with Crippen molar-refractivity contribution in [3.05, 3.63) is 0 Å². The van der Waals surface area contributed by atoms with Crippen LogP contribution in [0.25, 0.3) is 0 Å². The summed E-state index contributed by atoms with van der Waals surface area (Å²) in [6.45, 7) is 3.66. The highest BCUT2D eigenvalue weighted by molar-refractivity contribution is 5.96. The van der Waals surface area contributed by atoms with Gasteiger partial charge in [-0.15, -0.1) is 0 Å². The Labute approximate surface area is 96.9 Å². The maximum Gasteiger partial charge on any atom is 0.229 e. The third-order valence-electron chi connectivity index (χ3n) is 2.05. The zero-order valence-corrected chi connectivity index (χ0v) is 10.2. The fourth-order valence-corrected chi connectivity index (χ4v) is 1.17. The molecule has 0 bridgehead atoms. The minimum Gasteiger partial charge on any atom is -0.383 e. The molecular formula is C11H22N2O3. The van der Waals surface area contributed by atoms with Crippen LogP contribution >= 0.6 is 0 Å². The van der Waals surface area contributed by atoms with Gasteiger partial charge in [-0.3, -0.25) is 9.59 Å². The monoisotopic (exact) mass is 230 g/mol. The topological polar surface area (TPSA) is 67.4 Å². The fourth-order valence-electron chi connectivity index (χ4n) is 1.17. The van der Waals surface area contributed by atoms with Crippen molar-refractivity contribution in [1.82, 2.24) is 10.6 Å². The van der Waals surface area contributed by atoms with Gasteiger partial charge >= 0.3 is 0 Å². The van der Waals surface area contributed by atoms with Gasteiger partial charge in [0.1, 0.15) is 6.42 Å². The van der Waals surface area contributed by atoms with Gasteiger partial charge in [0.25, 0.3) is 0 Å². The first-order valence-electron chi connectivity index (χ1n) is 5.73. The summed E-state index contributed by atoms with van der Waals surface area (Å²) in [7, 11) is 1.56. The molecule has 0 aliphatic carbocycles. The van der Waals surface area contributed by atoms with E-state index >= 15 is 0 Å². The maximum absolute atomic E-state index is 11.2. The molecule has 0 aliphatic heterocycles. The average molecular weight is 230 g/mol. The predicted molar refractivity (Wildman–Crippen MR) is 62.0 cm³/mol. The minimum absolute atomic E-state index is 0.101. The molecule has 0 aromatic heterocycles. The lowest BCUT2D eigenvalue weighted by Crippen LogP contribution is -2.33. The number of rotatable bonds is 9. The van der Waals surface area contributed by atoms with Crippen LogP contribution in [0.5, 0.6) is 0 Å². The van der Waals surface area contributed by atoms with E-state index in [0.29, 0.717) is 19.7 Å². The molecule has 2 N–H and O–H groups in total. The summed E-state index contributed by atoms with van der Waals surface area (Å²) in [4.78, 5) is 22.4. The standard InChI is InChI=1S/C11H22N2O3/c1-3-4-5-6-12-10(14)9-11(15)13-7-8-16-2/h3-9H2,1-2H3,(H,12,14)(H,13,15). The second-order valence-electron chi connectivity index (χ2n) is 3.58. The number of carbonyl (C=O) groups is 2. The highest BCUT2D eigenvalue weighted by Crippen LogP contribution is 1.91. The molecule has 16 heavy (non-hydrogen) atoms. The minimum atomic E-state index is -0.259. The molecule has 0 radical (unpaired) electrons. The molecule has 0 rings (SSSR count). The Morgan fingerprint density at radius 3 is 2.25 bits per heavy atom. The quantitative estimate of drug-likeness (QED) is 0.446. The van der Waals surface area contributed by atoms with Gasteiger partial charge in [0.05, 0.1) is 6.61 Å². The molecule has 94 valence electrons. The molecule has 0 spiro atoms. The second-order valence-corrected chi connectivity index (χ2v) is 3.58. The summed E-state index contributed by atoms with van der Waals surface area (Å²) in [6.07, 6.45) is 3.08. The van der Waals surface area contributed by atoms with E-state index in [1.54, 1.807) is 7.11 Å². The van der Waals surface area contributed by atoms with Crippen molar-refractivity contribution in [2.45, 2.75) is 32.6 Å². The van der Waals surface area contributed by atoms with Crippen molar-refractivity contribution in [2.75, 3.05) is 26.8 Å². The lowest BCUT2D eigenvalue weighted by molar-refractivity contribution is -0.129. The van der Waals surface area contributed by atoms with Gasteiger partial charge < -0.3 is 15.4 Å². The Morgan fingerprint density at radius 2 is 1.69 bits per heavy atom. The van der Waals surface area contributed by atoms with Gasteiger partial charge in [-0.2, -0.15) is 0 Å². The highest BCUT2D eigenvalue weighted by Gasteiger charge is 2.07. The van der Waals surface area contributed by atoms with Gasteiger partial charge in [0.15, 0.2) is 0 Å². The van der Waals surface area contributed by atoms with Crippen molar-refractivity contribution >= 4 is 11.8 Å². The van der Waals surface area contributed by atoms with Gasteiger partial charge in [-0.25, -0.2) is 0 Å². The molecule has 0 heterocycles. The zero-order chi connectivity index (χ0) is 12.2. The molecule has 0 aromatic carbocycles. The van der Waals surface area contributed by atoms with Gasteiger partial charge in [-0.05, 0) is 6.42 Å². The number of hydrogen-bond donors (Lipinski definition) is 2. The smallest absolute Gasteiger partial charge is 0.229 e. The Balaban J connectivity index is 3.43. The van der Waals surface area contributed by atoms with Crippen LogP contribution in [-0.4, -0.2) is 38.6 Å². The van der Waals surface area contributed by atoms with Crippen molar-refractivity contribution in [1.29, 1.82) is 0 Å². The van der Waals surface area contributed by atoms with E-state index in [9.17, 15) is 9.59 Å². The average Bonchev–Trinajstić information content (AvgIpc) is 2.25. The van der Waals surface area contributed by atoms with Crippen molar-refractivity contribution < 1.29 is 14.3 Å². The summed E-state index contributed by atoms with van der Waals surface area (Å²) >= 11 is 0. The van der Waals surface area contributed by atoms with E-state index in [0.717, 1.165) is 19.3 Å². The summed E-state index contributed by atoms with van der Waals surface area (Å²) < 4.78 is 4.77. The number of amides is 2. The van der Waals surface area contributed by atoms with Crippen LogP contribution in [-0.2, 0) is 14.3 Å². The van der Waals surface area contributed by atoms with Crippen LogP contribution in [0.1, 0.15) is 32.6 Å². The molecule has 0 saturated carbocycles. The highest BCUT2D eigenvalue weighted by atomic mass is 16.5. The van der Waals surface area contributed by atoms with E-state index < -0.39 is 0 Å². The Bertz CT molecular complexity index is 207. The lowest BCUT2D eigenvalue weighted by Gasteiger charge is -2.05. The number of methoxy groups -OCH3 is 1. The lowest BCUT2D eigenvalue weighted by atomic mass is 10.2. The third kappa shape index (κ3) is 9.45. The molecule has 0 aromatic rings. The molecule has 2 amide bonds. The first kappa shape index (κ1) is 14.9. The fraction of sp³-hybridized carbons (Fsp3) is 0.818. The van der Waals surface area contributed by atoms with Gasteiger partial charge in [-0.1, -0.05) is 19.8 Å². The molecular weight excluding hydrogens is 208 g/mol. The number of carbonyl (C=O) groups excluding carboxylic acids is 2. The zero-order valence-electron chi connectivity index (χ0n) is 10.2. The van der Waals surface area contributed by atoms with E-state index in [-0.39, 0.29) is 18.2 Å². The van der Waals surface area contributed by atoms with E-state index in [1.807, 2.05) is 0 Å². The van der Waals surface area contributed by atoms with Crippen LogP contribution in [0.4, 0.5) is 0 Å². The van der Waals surface area contributed by atoms with E-state index in [2.05, 4.69) is 17.6 Å². The van der Waals surface area contributed by atoms with Gasteiger partial charge in [0, 0.05) is 20.2 Å². The molecule has 0 saturated heterocycles. The predicted octanol–water partition coefficient (Wildman–Crippen LogP) is 0.446. The van der Waals surface area contributed by atoms with Crippen LogP contribution in [0.15, 0.2) is 0 Å². The first-order chi connectivity index (χ1) is 7.70. The Morgan fingerprint density at radius 1 is 1.06 bits per heavy atom. The summed E-state index contributed by atoms with van der Waals surface area (Å²) in [6, 6.07) is 0. The molecule has 0 fully saturated rings. The third-order valence-corrected chi connectivity index (χ3v) is 2.05. The van der Waals surface area contributed by atoms with Crippen molar-refractivity contribution in [2.24, 2.45) is 0 Å². The second kappa shape index (κ2) is 10.4. The summed E-state index contributed by atoms with van der Waals surface area (Å²) in [5.41, 5.74) is 0. The Hall–Kier alpha value is -1.10. The summed E-state index contributed by atoms with van der Waals surface area (Å²) in [5.74, 6) is -0.476. The van der Waals surface area contributed by atoms with Crippen LogP contribution in [0, 0.1) is 0 Å². The largest absolute Gasteiger partial charge is 0.383 e. The van der Waals surface area contributed by atoms with Crippen LogP contribution < -0.4 is 10.6 Å². The number of nitrogens with one attached hydrogen (secondary N) is 2. The molecule has 5 nitrogen and oxygen atoms in total. The normalized spacial score (nSPS) is 9.88. The summed E-state index contributed by atoms with van der Waals surface area (Å²) in [5, 5.41) is 5.30.